The molecule has 2 aromatic rings. The van der Waals surface area contributed by atoms with Crippen LogP contribution in [0.5, 0.6) is 0 Å². The highest BCUT2D eigenvalue weighted by molar-refractivity contribution is 5.88. The van der Waals surface area contributed by atoms with Crippen LogP contribution in [0.2, 0.25) is 0 Å². The summed E-state index contributed by atoms with van der Waals surface area (Å²) in [6.07, 6.45) is 3.63. The van der Waals surface area contributed by atoms with E-state index in [0.29, 0.717) is 17.3 Å². The Morgan fingerprint density at radius 1 is 1.53 bits per heavy atom. The minimum absolute atomic E-state index is 0.216. The Balaban J connectivity index is 2.33. The molecule has 1 N–H and O–H groups in total. The van der Waals surface area contributed by atoms with Crippen molar-refractivity contribution in [1.82, 2.24) is 14.6 Å². The molecule has 0 aliphatic heterocycles. The third kappa shape index (κ3) is 1.20. The summed E-state index contributed by atoms with van der Waals surface area (Å²) in [7, 11) is 0. The standard InChI is InChI=1S/C10H9N3O2/c14-10(15)9-8(6-3-4-6)12-7-2-1-5-11-13(7)9/h1-2,5-6H,3-4H2,(H,14,15). The molecule has 1 fully saturated rings. The summed E-state index contributed by atoms with van der Waals surface area (Å²) in [6, 6.07) is 3.52. The zero-order chi connectivity index (χ0) is 10.4. The van der Waals surface area contributed by atoms with E-state index in [-0.39, 0.29) is 5.69 Å². The van der Waals surface area contributed by atoms with E-state index in [1.165, 1.54) is 4.52 Å². The van der Waals surface area contributed by atoms with Gasteiger partial charge in [-0.2, -0.15) is 5.10 Å². The van der Waals surface area contributed by atoms with Crippen LogP contribution in [0, 0.1) is 0 Å². The number of rotatable bonds is 2. The van der Waals surface area contributed by atoms with Gasteiger partial charge >= 0.3 is 5.97 Å². The van der Waals surface area contributed by atoms with Crippen LogP contribution in [0.25, 0.3) is 5.65 Å². The largest absolute Gasteiger partial charge is 0.476 e. The van der Waals surface area contributed by atoms with Crippen molar-refractivity contribution in [3.8, 4) is 0 Å². The van der Waals surface area contributed by atoms with E-state index in [4.69, 9.17) is 5.11 Å². The van der Waals surface area contributed by atoms with Crippen molar-refractivity contribution in [3.05, 3.63) is 29.7 Å². The fraction of sp³-hybridized carbons (Fsp3) is 0.300. The van der Waals surface area contributed by atoms with Crippen LogP contribution in [0.1, 0.15) is 34.9 Å². The van der Waals surface area contributed by atoms with Gasteiger partial charge in [0, 0.05) is 12.1 Å². The van der Waals surface area contributed by atoms with Gasteiger partial charge in [0.05, 0.1) is 5.69 Å². The summed E-state index contributed by atoms with van der Waals surface area (Å²) in [6.45, 7) is 0. The molecule has 0 unspecified atom stereocenters. The van der Waals surface area contributed by atoms with Gasteiger partial charge in [0.1, 0.15) is 0 Å². The molecule has 0 amide bonds. The van der Waals surface area contributed by atoms with Crippen molar-refractivity contribution >= 4 is 11.6 Å². The topological polar surface area (TPSA) is 67.5 Å². The normalized spacial score (nSPS) is 15.7. The van der Waals surface area contributed by atoms with Crippen LogP contribution in [0.4, 0.5) is 0 Å². The van der Waals surface area contributed by atoms with E-state index in [0.717, 1.165) is 12.8 Å². The van der Waals surface area contributed by atoms with Gasteiger partial charge in [-0.05, 0) is 25.0 Å². The number of aromatic carboxylic acids is 1. The quantitative estimate of drug-likeness (QED) is 0.798. The summed E-state index contributed by atoms with van der Waals surface area (Å²) in [5.41, 5.74) is 1.51. The van der Waals surface area contributed by atoms with E-state index in [2.05, 4.69) is 10.1 Å². The van der Waals surface area contributed by atoms with Gasteiger partial charge < -0.3 is 5.11 Å². The van der Waals surface area contributed by atoms with Crippen LogP contribution in [0.3, 0.4) is 0 Å². The van der Waals surface area contributed by atoms with Crippen LogP contribution >= 0.6 is 0 Å². The van der Waals surface area contributed by atoms with Gasteiger partial charge in [-0.25, -0.2) is 14.3 Å². The zero-order valence-corrected chi connectivity index (χ0v) is 7.92. The summed E-state index contributed by atoms with van der Waals surface area (Å²) >= 11 is 0. The molecule has 5 heteroatoms. The number of hydrogen-bond acceptors (Lipinski definition) is 3. The van der Waals surface area contributed by atoms with E-state index in [1.807, 2.05) is 0 Å². The monoisotopic (exact) mass is 203 g/mol. The minimum atomic E-state index is -0.955. The van der Waals surface area contributed by atoms with Gasteiger partial charge in [-0.15, -0.1) is 0 Å². The number of carboxylic acid groups (broad SMARTS) is 1. The molecule has 0 bridgehead atoms. The number of carboxylic acids is 1. The molecule has 1 aliphatic rings. The van der Waals surface area contributed by atoms with Crippen LogP contribution in [0.15, 0.2) is 18.3 Å². The lowest BCUT2D eigenvalue weighted by atomic mass is 10.2. The maximum Gasteiger partial charge on any atom is 0.356 e. The second-order valence-electron chi connectivity index (χ2n) is 3.72. The fourth-order valence-electron chi connectivity index (χ4n) is 1.75. The summed E-state index contributed by atoms with van der Waals surface area (Å²) in [5, 5.41) is 13.1. The van der Waals surface area contributed by atoms with Crippen molar-refractivity contribution in [3.63, 3.8) is 0 Å². The Kier molecular flexibility index (Phi) is 1.56. The molecule has 0 aromatic carbocycles. The first kappa shape index (κ1) is 8.40. The van der Waals surface area contributed by atoms with Crippen molar-refractivity contribution in [2.45, 2.75) is 18.8 Å². The van der Waals surface area contributed by atoms with Gasteiger partial charge in [0.25, 0.3) is 0 Å². The van der Waals surface area contributed by atoms with Crippen LogP contribution in [-0.2, 0) is 0 Å². The lowest BCUT2D eigenvalue weighted by Crippen LogP contribution is -2.06. The number of nitrogens with zero attached hydrogens (tertiary/aromatic N) is 3. The average Bonchev–Trinajstić information content (AvgIpc) is 2.98. The van der Waals surface area contributed by atoms with E-state index in [9.17, 15) is 4.79 Å². The molecule has 15 heavy (non-hydrogen) atoms. The Bertz CT molecular complexity index is 543. The molecule has 0 radical (unpaired) electrons. The molecule has 3 rings (SSSR count). The summed E-state index contributed by atoms with van der Waals surface area (Å²) in [4.78, 5) is 15.4. The Morgan fingerprint density at radius 3 is 3.00 bits per heavy atom. The molecule has 2 heterocycles. The highest BCUT2D eigenvalue weighted by atomic mass is 16.4. The Labute approximate surface area is 85.4 Å². The van der Waals surface area contributed by atoms with E-state index < -0.39 is 5.97 Å². The maximum absolute atomic E-state index is 11.1. The second-order valence-corrected chi connectivity index (χ2v) is 3.72. The molecule has 2 aromatic heterocycles. The average molecular weight is 203 g/mol. The fourth-order valence-corrected chi connectivity index (χ4v) is 1.75. The Morgan fingerprint density at radius 2 is 2.33 bits per heavy atom. The van der Waals surface area contributed by atoms with E-state index in [1.54, 1.807) is 18.3 Å². The van der Waals surface area contributed by atoms with Gasteiger partial charge in [-0.1, -0.05) is 0 Å². The second kappa shape index (κ2) is 2.79. The van der Waals surface area contributed by atoms with Crippen molar-refractivity contribution < 1.29 is 9.90 Å². The lowest BCUT2D eigenvalue weighted by Gasteiger charge is -1.95. The number of aromatic nitrogens is 3. The molecule has 1 saturated carbocycles. The SMILES string of the molecule is O=C(O)c1c(C2CC2)nc2cccnn12. The highest BCUT2D eigenvalue weighted by Crippen LogP contribution is 2.41. The highest BCUT2D eigenvalue weighted by Gasteiger charge is 2.32. The van der Waals surface area contributed by atoms with Gasteiger partial charge in [0.2, 0.25) is 0 Å². The lowest BCUT2D eigenvalue weighted by molar-refractivity contribution is 0.0686. The molecule has 5 nitrogen and oxygen atoms in total. The van der Waals surface area contributed by atoms with Gasteiger partial charge in [-0.3, -0.25) is 0 Å². The first-order chi connectivity index (χ1) is 7.27. The summed E-state index contributed by atoms with van der Waals surface area (Å²) in [5.74, 6) is -0.638. The minimum Gasteiger partial charge on any atom is -0.476 e. The summed E-state index contributed by atoms with van der Waals surface area (Å²) < 4.78 is 1.40. The molecule has 0 atom stereocenters. The maximum atomic E-state index is 11.1. The number of fused-ring (bicyclic) bond motifs is 1. The molecule has 0 spiro atoms. The van der Waals surface area contributed by atoms with Crippen molar-refractivity contribution in [2.75, 3.05) is 0 Å². The number of hydrogen-bond donors (Lipinski definition) is 1. The van der Waals surface area contributed by atoms with Crippen molar-refractivity contribution in [2.24, 2.45) is 0 Å². The first-order valence-corrected chi connectivity index (χ1v) is 4.84. The predicted molar refractivity (Wildman–Crippen MR) is 51.9 cm³/mol. The predicted octanol–water partition coefficient (Wildman–Crippen LogP) is 1.30. The molecular formula is C10H9N3O2. The van der Waals surface area contributed by atoms with E-state index >= 15 is 0 Å². The first-order valence-electron chi connectivity index (χ1n) is 4.84. The molecule has 1 aliphatic carbocycles. The Hall–Kier alpha value is -1.91. The third-order valence-corrected chi connectivity index (χ3v) is 2.59. The molecular weight excluding hydrogens is 194 g/mol. The van der Waals surface area contributed by atoms with Crippen LogP contribution in [-0.4, -0.2) is 25.7 Å². The molecule has 76 valence electrons. The molecule has 0 saturated heterocycles. The van der Waals surface area contributed by atoms with Crippen LogP contribution < -0.4 is 0 Å². The third-order valence-electron chi connectivity index (χ3n) is 2.59. The zero-order valence-electron chi connectivity index (χ0n) is 7.92. The van der Waals surface area contributed by atoms with Gasteiger partial charge in [0.15, 0.2) is 11.3 Å². The van der Waals surface area contributed by atoms with Crippen molar-refractivity contribution in [1.29, 1.82) is 0 Å². The number of imidazole rings is 1. The number of carbonyl (C=O) groups is 1. The smallest absolute Gasteiger partial charge is 0.356 e.